The van der Waals surface area contributed by atoms with E-state index in [-0.39, 0.29) is 23.7 Å². The Kier molecular flexibility index (Phi) is 5.67. The Hall–Kier alpha value is -2.68. The van der Waals surface area contributed by atoms with E-state index in [2.05, 4.69) is 15.3 Å². The molecule has 26 heavy (non-hydrogen) atoms. The molecular weight excluding hydrogens is 356 g/mol. The van der Waals surface area contributed by atoms with Crippen LogP contribution in [0.2, 0.25) is 0 Å². The summed E-state index contributed by atoms with van der Waals surface area (Å²) >= 11 is 1.47. The number of rotatable bonds is 4. The van der Waals surface area contributed by atoms with E-state index in [9.17, 15) is 14.4 Å². The summed E-state index contributed by atoms with van der Waals surface area (Å²) in [4.78, 5) is 44.9. The molecule has 0 aliphatic carbocycles. The highest BCUT2D eigenvalue weighted by molar-refractivity contribution is 7.13. The van der Waals surface area contributed by atoms with Crippen molar-refractivity contribution in [2.45, 2.75) is 25.8 Å². The number of aromatic amines is 1. The van der Waals surface area contributed by atoms with E-state index < -0.39 is 5.69 Å². The standard InChI is InChI=1S/C17H20N4O4S/c1-2-25-17(24)21-7-5-11(6-8-21)18-15(22)13-10-12(19-16(23)20-13)14-4-3-9-26-14/h3-4,9-11H,2,5-8H2,1H3,(H,18,22)(H,19,20,23). The summed E-state index contributed by atoms with van der Waals surface area (Å²) in [5, 5.41) is 4.79. The smallest absolute Gasteiger partial charge is 0.409 e. The van der Waals surface area contributed by atoms with Crippen molar-refractivity contribution < 1.29 is 14.3 Å². The van der Waals surface area contributed by atoms with Crippen molar-refractivity contribution in [2.75, 3.05) is 19.7 Å². The molecule has 2 aromatic heterocycles. The highest BCUT2D eigenvalue weighted by atomic mass is 32.1. The molecule has 0 atom stereocenters. The number of hydrogen-bond donors (Lipinski definition) is 2. The first-order chi connectivity index (χ1) is 12.6. The molecule has 0 spiro atoms. The van der Waals surface area contributed by atoms with Crippen LogP contribution in [0.5, 0.6) is 0 Å². The summed E-state index contributed by atoms with van der Waals surface area (Å²) in [5.74, 6) is -0.386. The van der Waals surface area contributed by atoms with Crippen LogP contribution in [0, 0.1) is 0 Å². The van der Waals surface area contributed by atoms with E-state index in [4.69, 9.17) is 4.74 Å². The number of thiophene rings is 1. The van der Waals surface area contributed by atoms with Crippen LogP contribution in [-0.2, 0) is 4.74 Å². The lowest BCUT2D eigenvalue weighted by atomic mass is 10.1. The molecule has 138 valence electrons. The average Bonchev–Trinajstić information content (AvgIpc) is 3.17. The fourth-order valence-corrected chi connectivity index (χ4v) is 3.52. The minimum atomic E-state index is -0.557. The first-order valence-corrected chi connectivity index (χ1v) is 9.32. The third-order valence-corrected chi connectivity index (χ3v) is 5.02. The molecule has 3 rings (SSSR count). The monoisotopic (exact) mass is 376 g/mol. The Morgan fingerprint density at radius 3 is 2.85 bits per heavy atom. The maximum absolute atomic E-state index is 12.5. The van der Waals surface area contributed by atoms with Crippen LogP contribution < -0.4 is 11.0 Å². The largest absolute Gasteiger partial charge is 0.450 e. The average molecular weight is 376 g/mol. The number of aromatic nitrogens is 2. The highest BCUT2D eigenvalue weighted by Crippen LogP contribution is 2.22. The molecule has 0 radical (unpaired) electrons. The summed E-state index contributed by atoms with van der Waals surface area (Å²) < 4.78 is 4.98. The van der Waals surface area contributed by atoms with Crippen molar-refractivity contribution >= 4 is 23.3 Å². The molecule has 0 unspecified atom stereocenters. The number of carbonyl (C=O) groups is 2. The van der Waals surface area contributed by atoms with Gasteiger partial charge in [0.1, 0.15) is 5.69 Å². The van der Waals surface area contributed by atoms with Crippen LogP contribution in [-0.4, -0.2) is 52.6 Å². The second-order valence-corrected chi connectivity index (χ2v) is 6.84. The number of H-pyrrole nitrogens is 1. The third-order valence-electron chi connectivity index (χ3n) is 4.12. The van der Waals surface area contributed by atoms with Gasteiger partial charge in [-0.3, -0.25) is 4.79 Å². The minimum absolute atomic E-state index is 0.0700. The molecule has 8 nitrogen and oxygen atoms in total. The van der Waals surface area contributed by atoms with Gasteiger partial charge in [0.25, 0.3) is 5.91 Å². The van der Waals surface area contributed by atoms with E-state index in [1.807, 2.05) is 17.5 Å². The molecule has 0 aromatic carbocycles. The second kappa shape index (κ2) is 8.13. The summed E-state index contributed by atoms with van der Waals surface area (Å²) in [7, 11) is 0. The fourth-order valence-electron chi connectivity index (χ4n) is 2.82. The number of ether oxygens (including phenoxy) is 1. The van der Waals surface area contributed by atoms with E-state index in [0.29, 0.717) is 38.2 Å². The predicted octanol–water partition coefficient (Wildman–Crippen LogP) is 1.85. The number of piperidine rings is 1. The van der Waals surface area contributed by atoms with Gasteiger partial charge in [-0.25, -0.2) is 9.59 Å². The zero-order chi connectivity index (χ0) is 18.5. The lowest BCUT2D eigenvalue weighted by Crippen LogP contribution is -2.47. The Balaban J connectivity index is 1.63. The third kappa shape index (κ3) is 4.29. The summed E-state index contributed by atoms with van der Waals surface area (Å²) in [5.41, 5.74) is 0.102. The van der Waals surface area contributed by atoms with Crippen molar-refractivity contribution in [3.63, 3.8) is 0 Å². The van der Waals surface area contributed by atoms with Gasteiger partial charge in [0.15, 0.2) is 0 Å². The number of hydrogen-bond acceptors (Lipinski definition) is 6. The van der Waals surface area contributed by atoms with Crippen LogP contribution in [0.3, 0.4) is 0 Å². The van der Waals surface area contributed by atoms with Gasteiger partial charge in [-0.1, -0.05) is 6.07 Å². The van der Waals surface area contributed by atoms with Crippen LogP contribution in [0.15, 0.2) is 28.4 Å². The molecule has 1 aliphatic rings. The Labute approximate surface area is 154 Å². The number of likely N-dealkylation sites (tertiary alicyclic amines) is 1. The van der Waals surface area contributed by atoms with Crippen molar-refractivity contribution in [1.82, 2.24) is 20.2 Å². The second-order valence-electron chi connectivity index (χ2n) is 5.90. The number of amides is 2. The maximum Gasteiger partial charge on any atom is 0.409 e. The van der Waals surface area contributed by atoms with Crippen molar-refractivity contribution in [1.29, 1.82) is 0 Å². The Morgan fingerprint density at radius 2 is 2.19 bits per heavy atom. The topological polar surface area (TPSA) is 104 Å². The predicted molar refractivity (Wildman–Crippen MR) is 97.3 cm³/mol. The van der Waals surface area contributed by atoms with Gasteiger partial charge in [0, 0.05) is 19.1 Å². The molecular formula is C17H20N4O4S. The van der Waals surface area contributed by atoms with Gasteiger partial charge in [-0.15, -0.1) is 11.3 Å². The zero-order valence-electron chi connectivity index (χ0n) is 14.4. The van der Waals surface area contributed by atoms with Crippen molar-refractivity contribution in [2.24, 2.45) is 0 Å². The van der Waals surface area contributed by atoms with Crippen LogP contribution in [0.25, 0.3) is 10.6 Å². The van der Waals surface area contributed by atoms with Gasteiger partial charge < -0.3 is 19.9 Å². The summed E-state index contributed by atoms with van der Waals surface area (Å²) in [6.07, 6.45) is 0.936. The van der Waals surface area contributed by atoms with E-state index in [1.165, 1.54) is 11.3 Å². The summed E-state index contributed by atoms with van der Waals surface area (Å²) in [6.45, 7) is 3.15. The van der Waals surface area contributed by atoms with Gasteiger partial charge >= 0.3 is 11.8 Å². The van der Waals surface area contributed by atoms with E-state index in [0.717, 1.165) is 4.88 Å². The number of nitrogens with zero attached hydrogens (tertiary/aromatic N) is 2. The highest BCUT2D eigenvalue weighted by Gasteiger charge is 2.25. The van der Waals surface area contributed by atoms with Gasteiger partial charge in [0.2, 0.25) is 0 Å². The maximum atomic E-state index is 12.5. The van der Waals surface area contributed by atoms with Gasteiger partial charge in [0.05, 0.1) is 17.2 Å². The SMILES string of the molecule is CCOC(=O)N1CCC(NC(=O)c2cc(-c3cccs3)[nH]c(=O)n2)CC1. The first-order valence-electron chi connectivity index (χ1n) is 8.44. The molecule has 9 heteroatoms. The molecule has 0 bridgehead atoms. The van der Waals surface area contributed by atoms with Crippen LogP contribution in [0.1, 0.15) is 30.3 Å². The minimum Gasteiger partial charge on any atom is -0.450 e. The quantitative estimate of drug-likeness (QED) is 0.847. The number of carbonyl (C=O) groups excluding carboxylic acids is 2. The summed E-state index contributed by atoms with van der Waals surface area (Å²) in [6, 6.07) is 5.24. The zero-order valence-corrected chi connectivity index (χ0v) is 15.2. The molecule has 1 fully saturated rings. The molecule has 2 aromatic rings. The van der Waals surface area contributed by atoms with Crippen molar-refractivity contribution in [3.8, 4) is 10.6 Å². The Bertz CT molecular complexity index is 826. The molecule has 0 saturated carbocycles. The molecule has 1 saturated heterocycles. The normalized spacial score (nSPS) is 14.9. The molecule has 1 aliphatic heterocycles. The Morgan fingerprint density at radius 1 is 1.42 bits per heavy atom. The number of nitrogens with one attached hydrogen (secondary N) is 2. The molecule has 3 heterocycles. The van der Waals surface area contributed by atoms with Crippen LogP contribution >= 0.6 is 11.3 Å². The van der Waals surface area contributed by atoms with Gasteiger partial charge in [-0.05, 0) is 37.3 Å². The van der Waals surface area contributed by atoms with Crippen LogP contribution in [0.4, 0.5) is 4.79 Å². The lowest BCUT2D eigenvalue weighted by molar-refractivity contribution is 0.0856. The van der Waals surface area contributed by atoms with Gasteiger partial charge in [-0.2, -0.15) is 4.98 Å². The fraction of sp³-hybridized carbons (Fsp3) is 0.412. The molecule has 2 N–H and O–H groups in total. The van der Waals surface area contributed by atoms with E-state index >= 15 is 0 Å². The first kappa shape index (κ1) is 18.1. The lowest BCUT2D eigenvalue weighted by Gasteiger charge is -2.31. The molecule has 2 amide bonds. The van der Waals surface area contributed by atoms with Crippen molar-refractivity contribution in [3.05, 3.63) is 39.8 Å². The van der Waals surface area contributed by atoms with E-state index in [1.54, 1.807) is 17.9 Å².